The van der Waals surface area contributed by atoms with Crippen LogP contribution in [0.4, 0.5) is 0 Å². The molecule has 0 aliphatic rings. The van der Waals surface area contributed by atoms with E-state index in [9.17, 15) is 0 Å². The van der Waals surface area contributed by atoms with Gasteiger partial charge in [0.15, 0.2) is 0 Å². The van der Waals surface area contributed by atoms with E-state index in [2.05, 4.69) is 18.2 Å². The van der Waals surface area contributed by atoms with Crippen molar-refractivity contribution in [1.82, 2.24) is 0 Å². The van der Waals surface area contributed by atoms with E-state index >= 15 is 0 Å². The number of allylic oxidation sites excluding steroid dienone is 2. The van der Waals surface area contributed by atoms with Gasteiger partial charge in [0.2, 0.25) is 0 Å². The van der Waals surface area contributed by atoms with Crippen molar-refractivity contribution >= 4 is 6.21 Å². The summed E-state index contributed by atoms with van der Waals surface area (Å²) in [5.41, 5.74) is 0.199. The zero-order valence-corrected chi connectivity index (χ0v) is 4.46. The summed E-state index contributed by atoms with van der Waals surface area (Å²) in [5.74, 6) is 0. The summed E-state index contributed by atoms with van der Waals surface area (Å²) >= 11 is 0. The van der Waals surface area contributed by atoms with Gasteiger partial charge in [-0.25, -0.2) is 4.99 Å². The molecule has 0 N–H and O–H groups in total. The minimum atomic E-state index is 0.199. The summed E-state index contributed by atoms with van der Waals surface area (Å²) in [6.45, 7) is 6.67. The smallest absolute Gasteiger partial charge is 0.133 e. The van der Waals surface area contributed by atoms with Gasteiger partial charge in [-0.05, 0) is 0 Å². The number of rotatable bonds is 2. The van der Waals surface area contributed by atoms with Crippen LogP contribution in [0.3, 0.4) is 0 Å². The Hall–Kier alpha value is -1.36. The van der Waals surface area contributed by atoms with Gasteiger partial charge in [-0.2, -0.15) is 5.26 Å². The van der Waals surface area contributed by atoms with Crippen LogP contribution in [0.5, 0.6) is 0 Å². The number of nitriles is 1. The van der Waals surface area contributed by atoms with Crippen LogP contribution in [0.2, 0.25) is 0 Å². The van der Waals surface area contributed by atoms with Crippen molar-refractivity contribution in [3.8, 4) is 6.07 Å². The zero-order valence-electron chi connectivity index (χ0n) is 4.46. The number of aliphatic imine (C=N–C) groups is 1. The Bertz CT molecular complexity index is 160. The lowest BCUT2D eigenvalue weighted by Crippen LogP contribution is -1.66. The Kier molecular flexibility index (Phi) is 3.17. The second-order valence-corrected chi connectivity index (χ2v) is 1.07. The van der Waals surface area contributed by atoms with Gasteiger partial charge in [0.25, 0.3) is 0 Å². The van der Waals surface area contributed by atoms with E-state index in [1.165, 1.54) is 12.3 Å². The van der Waals surface area contributed by atoms with E-state index in [0.717, 1.165) is 0 Å². The fraction of sp³-hybridized carbons (Fsp3) is 0. The molecule has 0 rings (SSSR count). The number of hydrogen-bond acceptors (Lipinski definition) is 2. The maximum Gasteiger partial charge on any atom is 0.133 e. The number of hydrogen-bond donors (Lipinski definition) is 0. The summed E-state index contributed by atoms with van der Waals surface area (Å²) < 4.78 is 0. The van der Waals surface area contributed by atoms with Crippen molar-refractivity contribution in [2.24, 2.45) is 4.99 Å². The van der Waals surface area contributed by atoms with Crippen LogP contribution < -0.4 is 0 Å². The van der Waals surface area contributed by atoms with Crippen molar-refractivity contribution in [3.05, 3.63) is 24.9 Å². The summed E-state index contributed by atoms with van der Waals surface area (Å²) in [6, 6.07) is 1.76. The van der Waals surface area contributed by atoms with Gasteiger partial charge in [-0.1, -0.05) is 19.2 Å². The molecule has 0 saturated carbocycles. The van der Waals surface area contributed by atoms with Gasteiger partial charge in [0.1, 0.15) is 11.8 Å². The van der Waals surface area contributed by atoms with E-state index in [1.54, 1.807) is 6.07 Å². The highest BCUT2D eigenvalue weighted by atomic mass is 14.7. The van der Waals surface area contributed by atoms with Gasteiger partial charge in [-0.15, -0.1) is 0 Å². The Morgan fingerprint density at radius 3 is 2.75 bits per heavy atom. The van der Waals surface area contributed by atoms with Crippen LogP contribution in [-0.4, -0.2) is 6.21 Å². The molecule has 0 aromatic heterocycles. The molecule has 0 saturated heterocycles. The molecule has 0 aliphatic carbocycles. The summed E-state index contributed by atoms with van der Waals surface area (Å²) in [7, 11) is 0. The van der Waals surface area contributed by atoms with Crippen LogP contribution in [0.15, 0.2) is 29.9 Å². The van der Waals surface area contributed by atoms with Gasteiger partial charge in [0, 0.05) is 6.21 Å². The average Bonchev–Trinajstić information content (AvgIpc) is 1.83. The molecule has 40 valence electrons. The Balaban J connectivity index is 3.75. The molecule has 0 atom stereocenters. The third-order valence-corrected chi connectivity index (χ3v) is 0.465. The molecule has 8 heavy (non-hydrogen) atoms. The zero-order chi connectivity index (χ0) is 6.41. The highest BCUT2D eigenvalue weighted by Crippen LogP contribution is 1.84. The lowest BCUT2D eigenvalue weighted by molar-refractivity contribution is 1.41. The molecule has 0 heterocycles. The SMILES string of the molecule is C=CC=NC(=C)C#N. The summed E-state index contributed by atoms with van der Waals surface area (Å²) in [6.07, 6.45) is 2.91. The van der Waals surface area contributed by atoms with Crippen LogP contribution in [0.25, 0.3) is 0 Å². The van der Waals surface area contributed by atoms with Crippen LogP contribution in [0.1, 0.15) is 0 Å². The van der Waals surface area contributed by atoms with Crippen LogP contribution in [0, 0.1) is 11.3 Å². The predicted octanol–water partition coefficient (Wildman–Crippen LogP) is 1.28. The molecule has 0 unspecified atom stereocenters. The maximum atomic E-state index is 8.06. The first-order chi connectivity index (χ1) is 3.81. The first-order valence-corrected chi connectivity index (χ1v) is 2.05. The average molecular weight is 106 g/mol. The van der Waals surface area contributed by atoms with Crippen molar-refractivity contribution in [3.63, 3.8) is 0 Å². The standard InChI is InChI=1S/C6H6N2/c1-3-4-8-6(2)5-7/h3-4H,1-2H2. The Morgan fingerprint density at radius 1 is 1.75 bits per heavy atom. The molecule has 0 aromatic carbocycles. The lowest BCUT2D eigenvalue weighted by atomic mass is 10.5. The van der Waals surface area contributed by atoms with Crippen molar-refractivity contribution in [1.29, 1.82) is 5.26 Å². The van der Waals surface area contributed by atoms with E-state index in [-0.39, 0.29) is 5.70 Å². The molecule has 0 fully saturated rings. The molecule has 0 aliphatic heterocycles. The van der Waals surface area contributed by atoms with Gasteiger partial charge < -0.3 is 0 Å². The van der Waals surface area contributed by atoms with E-state index in [4.69, 9.17) is 5.26 Å². The molecule has 0 spiro atoms. The normalized spacial score (nSPS) is 8.38. The van der Waals surface area contributed by atoms with Crippen LogP contribution >= 0.6 is 0 Å². The highest BCUT2D eigenvalue weighted by molar-refractivity contribution is 5.71. The van der Waals surface area contributed by atoms with E-state index in [1.807, 2.05) is 0 Å². The molecular weight excluding hydrogens is 100 g/mol. The molecule has 0 bridgehead atoms. The third kappa shape index (κ3) is 2.86. The monoisotopic (exact) mass is 106 g/mol. The fourth-order valence-electron chi connectivity index (χ4n) is 0.172. The molecule has 2 heteroatoms. The summed E-state index contributed by atoms with van der Waals surface area (Å²) in [5, 5.41) is 8.06. The fourth-order valence-corrected chi connectivity index (χ4v) is 0.172. The lowest BCUT2D eigenvalue weighted by Gasteiger charge is -1.74. The molecule has 0 amide bonds. The van der Waals surface area contributed by atoms with Crippen molar-refractivity contribution in [2.45, 2.75) is 0 Å². The number of nitrogens with zero attached hydrogens (tertiary/aromatic N) is 2. The molecule has 0 radical (unpaired) electrons. The van der Waals surface area contributed by atoms with Gasteiger partial charge in [0.05, 0.1) is 0 Å². The molecule has 0 aromatic rings. The highest BCUT2D eigenvalue weighted by Gasteiger charge is 1.75. The molecular formula is C6H6N2. The summed E-state index contributed by atoms with van der Waals surface area (Å²) in [4.78, 5) is 3.56. The third-order valence-electron chi connectivity index (χ3n) is 0.465. The van der Waals surface area contributed by atoms with Gasteiger partial charge in [-0.3, -0.25) is 0 Å². The van der Waals surface area contributed by atoms with Crippen molar-refractivity contribution in [2.75, 3.05) is 0 Å². The van der Waals surface area contributed by atoms with E-state index in [0.29, 0.717) is 0 Å². The first kappa shape index (κ1) is 6.64. The predicted molar refractivity (Wildman–Crippen MR) is 33.4 cm³/mol. The van der Waals surface area contributed by atoms with Crippen LogP contribution in [-0.2, 0) is 0 Å². The minimum Gasteiger partial charge on any atom is -0.246 e. The first-order valence-electron chi connectivity index (χ1n) is 2.05. The Morgan fingerprint density at radius 2 is 2.38 bits per heavy atom. The van der Waals surface area contributed by atoms with Crippen molar-refractivity contribution < 1.29 is 0 Å². The van der Waals surface area contributed by atoms with Gasteiger partial charge >= 0.3 is 0 Å². The largest absolute Gasteiger partial charge is 0.246 e. The Labute approximate surface area is 48.5 Å². The maximum absolute atomic E-state index is 8.06. The second kappa shape index (κ2) is 3.82. The quantitative estimate of drug-likeness (QED) is 0.386. The second-order valence-electron chi connectivity index (χ2n) is 1.07. The molecule has 2 nitrogen and oxygen atoms in total. The van der Waals surface area contributed by atoms with E-state index < -0.39 is 0 Å². The minimum absolute atomic E-state index is 0.199. The topological polar surface area (TPSA) is 36.1 Å².